The van der Waals surface area contributed by atoms with Crippen molar-refractivity contribution in [2.75, 3.05) is 7.05 Å². The first kappa shape index (κ1) is 16.1. The maximum Gasteiger partial charge on any atom is 0.0950 e. The number of hydrogen-bond donors (Lipinski definition) is 1. The number of thioether (sulfide) groups is 1. The lowest BCUT2D eigenvalue weighted by molar-refractivity contribution is 0.593. The standard InChI is InChI=1S/C19H23N3S/c1-20-13-18-12-19(23-15-17-10-6-3-7-11-17)22(21-18)14-16-8-4-2-5-9-16/h2-4,6-8,10-12,20H,5,9,13-15H2,1H3. The molecular weight excluding hydrogens is 302 g/mol. The van der Waals surface area contributed by atoms with Crippen molar-refractivity contribution in [3.05, 3.63) is 71.5 Å². The van der Waals surface area contributed by atoms with E-state index in [0.717, 1.165) is 37.4 Å². The molecule has 0 fully saturated rings. The van der Waals surface area contributed by atoms with Crippen LogP contribution in [0.3, 0.4) is 0 Å². The van der Waals surface area contributed by atoms with Gasteiger partial charge in [-0.1, -0.05) is 48.6 Å². The maximum absolute atomic E-state index is 4.77. The van der Waals surface area contributed by atoms with E-state index < -0.39 is 0 Å². The minimum atomic E-state index is 0.810. The summed E-state index contributed by atoms with van der Waals surface area (Å²) in [5, 5.41) is 9.21. The molecule has 0 saturated heterocycles. The van der Waals surface area contributed by atoms with Crippen LogP contribution in [0.25, 0.3) is 0 Å². The van der Waals surface area contributed by atoms with Gasteiger partial charge in [0.15, 0.2) is 0 Å². The Morgan fingerprint density at radius 2 is 2.13 bits per heavy atom. The summed E-state index contributed by atoms with van der Waals surface area (Å²) < 4.78 is 2.16. The van der Waals surface area contributed by atoms with Crippen LogP contribution in [-0.2, 0) is 18.8 Å². The van der Waals surface area contributed by atoms with Gasteiger partial charge in [0, 0.05) is 12.3 Å². The van der Waals surface area contributed by atoms with Crippen LogP contribution in [0.4, 0.5) is 0 Å². The van der Waals surface area contributed by atoms with Crippen LogP contribution in [0.5, 0.6) is 0 Å². The molecule has 1 N–H and O–H groups in total. The van der Waals surface area contributed by atoms with Crippen LogP contribution in [-0.4, -0.2) is 16.8 Å². The molecule has 0 aliphatic heterocycles. The SMILES string of the molecule is CNCc1cc(SCc2ccccc2)n(CC2=CC=CCC2)n1. The fourth-order valence-electron chi connectivity index (χ4n) is 2.66. The number of allylic oxidation sites excluding steroid dienone is 4. The Morgan fingerprint density at radius 1 is 1.26 bits per heavy atom. The molecule has 1 heterocycles. The molecule has 0 bridgehead atoms. The van der Waals surface area contributed by atoms with Crippen molar-refractivity contribution in [2.24, 2.45) is 0 Å². The predicted molar refractivity (Wildman–Crippen MR) is 97.5 cm³/mol. The van der Waals surface area contributed by atoms with E-state index in [4.69, 9.17) is 5.10 Å². The number of hydrogen-bond acceptors (Lipinski definition) is 3. The van der Waals surface area contributed by atoms with Crippen LogP contribution in [0, 0.1) is 0 Å². The number of nitrogens with zero attached hydrogens (tertiary/aromatic N) is 2. The number of rotatable bonds is 7. The van der Waals surface area contributed by atoms with Gasteiger partial charge in [0.1, 0.15) is 0 Å². The van der Waals surface area contributed by atoms with E-state index in [0.29, 0.717) is 0 Å². The van der Waals surface area contributed by atoms with E-state index in [1.807, 2.05) is 18.8 Å². The molecule has 23 heavy (non-hydrogen) atoms. The van der Waals surface area contributed by atoms with E-state index in [1.54, 1.807) is 0 Å². The van der Waals surface area contributed by atoms with Crippen molar-refractivity contribution in [1.82, 2.24) is 15.1 Å². The number of nitrogens with one attached hydrogen (secondary N) is 1. The highest BCUT2D eigenvalue weighted by Crippen LogP contribution is 2.25. The Hall–Kier alpha value is -1.78. The molecule has 0 atom stereocenters. The van der Waals surface area contributed by atoms with Gasteiger partial charge in [-0.05, 0) is 37.1 Å². The summed E-state index contributed by atoms with van der Waals surface area (Å²) >= 11 is 1.86. The van der Waals surface area contributed by atoms with Crippen molar-refractivity contribution in [2.45, 2.75) is 36.7 Å². The van der Waals surface area contributed by atoms with Crippen molar-refractivity contribution < 1.29 is 0 Å². The first-order chi connectivity index (χ1) is 11.3. The minimum absolute atomic E-state index is 0.810. The highest BCUT2D eigenvalue weighted by atomic mass is 32.2. The monoisotopic (exact) mass is 325 g/mol. The molecule has 1 aliphatic carbocycles. The lowest BCUT2D eigenvalue weighted by Crippen LogP contribution is -2.09. The maximum atomic E-state index is 4.77. The van der Waals surface area contributed by atoms with Gasteiger partial charge in [-0.2, -0.15) is 5.10 Å². The van der Waals surface area contributed by atoms with Gasteiger partial charge in [-0.3, -0.25) is 4.68 Å². The zero-order chi connectivity index (χ0) is 15.9. The van der Waals surface area contributed by atoms with E-state index in [-0.39, 0.29) is 0 Å². The Kier molecular flexibility index (Phi) is 5.72. The van der Waals surface area contributed by atoms with Gasteiger partial charge in [0.2, 0.25) is 0 Å². The molecular formula is C19H23N3S. The van der Waals surface area contributed by atoms with Gasteiger partial charge in [-0.15, -0.1) is 11.8 Å². The molecule has 4 heteroatoms. The Balaban J connectivity index is 1.74. The summed E-state index contributed by atoms with van der Waals surface area (Å²) in [5.74, 6) is 0.977. The molecule has 0 radical (unpaired) electrons. The summed E-state index contributed by atoms with van der Waals surface area (Å²) in [5.41, 5.74) is 3.91. The van der Waals surface area contributed by atoms with Crippen LogP contribution < -0.4 is 5.32 Å². The highest BCUT2D eigenvalue weighted by Gasteiger charge is 2.11. The summed E-state index contributed by atoms with van der Waals surface area (Å²) in [7, 11) is 1.96. The molecule has 0 spiro atoms. The van der Waals surface area contributed by atoms with Crippen LogP contribution >= 0.6 is 11.8 Å². The molecule has 120 valence electrons. The van der Waals surface area contributed by atoms with Gasteiger partial charge in [0.05, 0.1) is 17.3 Å². The smallest absolute Gasteiger partial charge is 0.0950 e. The fraction of sp³-hybridized carbons (Fsp3) is 0.316. The van der Waals surface area contributed by atoms with E-state index in [2.05, 4.69) is 64.6 Å². The summed E-state index contributed by atoms with van der Waals surface area (Å²) in [6.07, 6.45) is 8.90. The third kappa shape index (κ3) is 4.60. The lowest BCUT2D eigenvalue weighted by Gasteiger charge is -2.11. The van der Waals surface area contributed by atoms with Crippen LogP contribution in [0.1, 0.15) is 24.1 Å². The third-order valence-corrected chi connectivity index (χ3v) is 4.94. The highest BCUT2D eigenvalue weighted by molar-refractivity contribution is 7.98. The molecule has 3 rings (SSSR count). The van der Waals surface area contributed by atoms with Crippen molar-refractivity contribution in [3.8, 4) is 0 Å². The summed E-state index contributed by atoms with van der Waals surface area (Å²) in [4.78, 5) is 0. The zero-order valence-corrected chi connectivity index (χ0v) is 14.4. The third-order valence-electron chi connectivity index (χ3n) is 3.83. The van der Waals surface area contributed by atoms with Crippen molar-refractivity contribution in [3.63, 3.8) is 0 Å². The lowest BCUT2D eigenvalue weighted by atomic mass is 10.1. The first-order valence-corrected chi connectivity index (χ1v) is 9.06. The number of aromatic nitrogens is 2. The quantitative estimate of drug-likeness (QED) is 0.775. The average molecular weight is 325 g/mol. The van der Waals surface area contributed by atoms with Crippen LogP contribution in [0.15, 0.2) is 65.2 Å². The van der Waals surface area contributed by atoms with Crippen molar-refractivity contribution in [1.29, 1.82) is 0 Å². The molecule has 2 aromatic rings. The van der Waals surface area contributed by atoms with Gasteiger partial charge < -0.3 is 5.32 Å². The summed E-state index contributed by atoms with van der Waals surface area (Å²) in [6.45, 7) is 1.70. The topological polar surface area (TPSA) is 29.9 Å². The Labute approximate surface area is 142 Å². The normalized spacial score (nSPS) is 14.0. The average Bonchev–Trinajstić information content (AvgIpc) is 2.97. The van der Waals surface area contributed by atoms with Gasteiger partial charge in [-0.25, -0.2) is 0 Å². The van der Waals surface area contributed by atoms with E-state index in [9.17, 15) is 0 Å². The largest absolute Gasteiger partial charge is 0.314 e. The second-order valence-electron chi connectivity index (χ2n) is 5.73. The fourth-order valence-corrected chi connectivity index (χ4v) is 3.64. The minimum Gasteiger partial charge on any atom is -0.314 e. The zero-order valence-electron chi connectivity index (χ0n) is 13.5. The van der Waals surface area contributed by atoms with Gasteiger partial charge in [0.25, 0.3) is 0 Å². The summed E-state index contributed by atoms with van der Waals surface area (Å²) in [6, 6.07) is 12.8. The molecule has 1 aliphatic rings. The first-order valence-electron chi connectivity index (χ1n) is 8.08. The Morgan fingerprint density at radius 3 is 2.87 bits per heavy atom. The van der Waals surface area contributed by atoms with E-state index >= 15 is 0 Å². The molecule has 0 saturated carbocycles. The number of benzene rings is 1. The predicted octanol–water partition coefficient (Wildman–Crippen LogP) is 4.17. The van der Waals surface area contributed by atoms with Gasteiger partial charge >= 0.3 is 0 Å². The molecule has 0 amide bonds. The molecule has 1 aromatic carbocycles. The molecule has 0 unspecified atom stereocenters. The van der Waals surface area contributed by atoms with Crippen LogP contribution in [0.2, 0.25) is 0 Å². The second-order valence-corrected chi connectivity index (χ2v) is 6.72. The molecule has 1 aromatic heterocycles. The Bertz CT molecular complexity index is 686. The van der Waals surface area contributed by atoms with Crippen molar-refractivity contribution >= 4 is 11.8 Å². The second kappa shape index (κ2) is 8.18. The van der Waals surface area contributed by atoms with E-state index in [1.165, 1.54) is 16.2 Å². The molecule has 3 nitrogen and oxygen atoms in total.